The summed E-state index contributed by atoms with van der Waals surface area (Å²) in [6.07, 6.45) is 5.79. The van der Waals surface area contributed by atoms with Crippen LogP contribution in [0.2, 0.25) is 0 Å². The van der Waals surface area contributed by atoms with Crippen molar-refractivity contribution in [1.82, 2.24) is 25.1 Å². The lowest BCUT2D eigenvalue weighted by Crippen LogP contribution is -2.26. The van der Waals surface area contributed by atoms with Gasteiger partial charge < -0.3 is 9.88 Å². The molecule has 1 unspecified atom stereocenters. The van der Waals surface area contributed by atoms with Gasteiger partial charge in [-0.05, 0) is 38.4 Å². The first-order valence-corrected chi connectivity index (χ1v) is 7.12. The van der Waals surface area contributed by atoms with Crippen molar-refractivity contribution in [1.29, 1.82) is 0 Å². The number of nitrogens with zero attached hydrogens (tertiary/aromatic N) is 4. The minimum atomic E-state index is 0.227. The average molecular weight is 273 g/mol. The number of hydrogen-bond donors (Lipinski definition) is 1. The topological polar surface area (TPSA) is 55.6 Å². The maximum atomic E-state index is 4.43. The van der Waals surface area contributed by atoms with E-state index < -0.39 is 0 Å². The monoisotopic (exact) mass is 273 g/mol. The minimum absolute atomic E-state index is 0.227. The predicted molar refractivity (Wildman–Crippen MR) is 79.5 cm³/mol. The van der Waals surface area contributed by atoms with Gasteiger partial charge in [0.15, 0.2) is 0 Å². The number of nitrogens with one attached hydrogen (secondary N) is 1. The van der Waals surface area contributed by atoms with Crippen molar-refractivity contribution in [2.45, 2.75) is 39.7 Å². The standard InChI is InChI=1S/C15H23N5/c1-5-6-16-14(10-15-17-7-8-20(15)4)13-9-11(2)18-19-12(13)3/h7-9,14,16H,5-6,10H2,1-4H3. The zero-order valence-corrected chi connectivity index (χ0v) is 12.7. The number of aryl methyl sites for hydroxylation is 3. The van der Waals surface area contributed by atoms with Gasteiger partial charge in [0, 0.05) is 31.9 Å². The van der Waals surface area contributed by atoms with Crippen LogP contribution in [0.5, 0.6) is 0 Å². The first-order chi connectivity index (χ1) is 9.61. The maximum Gasteiger partial charge on any atom is 0.110 e. The molecule has 1 atom stereocenters. The van der Waals surface area contributed by atoms with Gasteiger partial charge in [-0.25, -0.2) is 4.98 Å². The Morgan fingerprint density at radius 2 is 2.10 bits per heavy atom. The van der Waals surface area contributed by atoms with Crippen LogP contribution in [0.25, 0.3) is 0 Å². The van der Waals surface area contributed by atoms with Crippen LogP contribution in [0, 0.1) is 13.8 Å². The van der Waals surface area contributed by atoms with Gasteiger partial charge in [-0.2, -0.15) is 10.2 Å². The van der Waals surface area contributed by atoms with E-state index in [1.807, 2.05) is 33.3 Å². The molecule has 2 aromatic rings. The zero-order chi connectivity index (χ0) is 14.5. The second kappa shape index (κ2) is 6.61. The molecule has 0 saturated carbocycles. The molecule has 0 radical (unpaired) electrons. The third kappa shape index (κ3) is 3.42. The van der Waals surface area contributed by atoms with Crippen molar-refractivity contribution in [3.8, 4) is 0 Å². The van der Waals surface area contributed by atoms with Crippen LogP contribution in [-0.2, 0) is 13.5 Å². The highest BCUT2D eigenvalue weighted by molar-refractivity contribution is 5.24. The second-order valence-electron chi connectivity index (χ2n) is 5.19. The van der Waals surface area contributed by atoms with Crippen molar-refractivity contribution in [2.24, 2.45) is 7.05 Å². The minimum Gasteiger partial charge on any atom is -0.338 e. The van der Waals surface area contributed by atoms with Gasteiger partial charge in [-0.1, -0.05) is 6.92 Å². The number of aromatic nitrogens is 4. The zero-order valence-electron chi connectivity index (χ0n) is 12.7. The number of rotatable bonds is 6. The predicted octanol–water partition coefficient (Wildman–Crippen LogP) is 2.11. The smallest absolute Gasteiger partial charge is 0.110 e. The second-order valence-corrected chi connectivity index (χ2v) is 5.19. The largest absolute Gasteiger partial charge is 0.338 e. The molecule has 0 saturated heterocycles. The molecule has 20 heavy (non-hydrogen) atoms. The molecule has 2 aromatic heterocycles. The summed E-state index contributed by atoms with van der Waals surface area (Å²) in [4.78, 5) is 4.43. The lowest BCUT2D eigenvalue weighted by atomic mass is 10.0. The first kappa shape index (κ1) is 14.7. The van der Waals surface area contributed by atoms with Gasteiger partial charge >= 0.3 is 0 Å². The first-order valence-electron chi connectivity index (χ1n) is 7.12. The molecule has 0 aromatic carbocycles. The quantitative estimate of drug-likeness (QED) is 0.876. The van der Waals surface area contributed by atoms with E-state index in [2.05, 4.69) is 38.1 Å². The van der Waals surface area contributed by atoms with Gasteiger partial charge in [-0.3, -0.25) is 0 Å². The molecular formula is C15H23N5. The fraction of sp³-hybridized carbons (Fsp3) is 0.533. The Morgan fingerprint density at radius 3 is 2.75 bits per heavy atom. The van der Waals surface area contributed by atoms with Crippen LogP contribution >= 0.6 is 0 Å². The Labute approximate surface area is 120 Å². The summed E-state index contributed by atoms with van der Waals surface area (Å²) < 4.78 is 2.07. The van der Waals surface area contributed by atoms with E-state index in [-0.39, 0.29) is 6.04 Å². The van der Waals surface area contributed by atoms with Crippen LogP contribution in [0.1, 0.15) is 42.2 Å². The summed E-state index contributed by atoms with van der Waals surface area (Å²) in [6.45, 7) is 7.15. The molecular weight excluding hydrogens is 250 g/mol. The molecule has 2 heterocycles. The highest BCUT2D eigenvalue weighted by atomic mass is 15.1. The van der Waals surface area contributed by atoms with Crippen molar-refractivity contribution < 1.29 is 0 Å². The normalized spacial score (nSPS) is 12.6. The fourth-order valence-corrected chi connectivity index (χ4v) is 2.31. The van der Waals surface area contributed by atoms with Crippen LogP contribution in [0.4, 0.5) is 0 Å². The summed E-state index contributed by atoms with van der Waals surface area (Å²) in [6, 6.07) is 2.35. The molecule has 0 aliphatic rings. The van der Waals surface area contributed by atoms with Crippen molar-refractivity contribution in [3.05, 3.63) is 41.2 Å². The van der Waals surface area contributed by atoms with Crippen molar-refractivity contribution >= 4 is 0 Å². The van der Waals surface area contributed by atoms with Gasteiger partial charge in [0.1, 0.15) is 5.82 Å². The molecule has 5 nitrogen and oxygen atoms in total. The molecule has 5 heteroatoms. The Kier molecular flexibility index (Phi) is 4.84. The Hall–Kier alpha value is -1.75. The molecule has 1 N–H and O–H groups in total. The number of imidazole rings is 1. The summed E-state index contributed by atoms with van der Waals surface area (Å²) in [5, 5.41) is 12.0. The third-order valence-electron chi connectivity index (χ3n) is 3.46. The van der Waals surface area contributed by atoms with E-state index in [9.17, 15) is 0 Å². The fourth-order valence-electron chi connectivity index (χ4n) is 2.31. The summed E-state index contributed by atoms with van der Waals surface area (Å²) in [5.74, 6) is 1.08. The molecule has 0 fully saturated rings. The van der Waals surface area contributed by atoms with E-state index in [0.717, 1.165) is 36.6 Å². The van der Waals surface area contributed by atoms with Crippen LogP contribution < -0.4 is 5.32 Å². The Morgan fingerprint density at radius 1 is 1.30 bits per heavy atom. The third-order valence-corrected chi connectivity index (χ3v) is 3.46. The SMILES string of the molecule is CCCNC(Cc1nccn1C)c1cc(C)nnc1C. The summed E-state index contributed by atoms with van der Waals surface area (Å²) in [5.41, 5.74) is 3.15. The Bertz CT molecular complexity index is 561. The molecule has 0 aliphatic heterocycles. The van der Waals surface area contributed by atoms with E-state index in [1.54, 1.807) is 0 Å². The summed E-state index contributed by atoms with van der Waals surface area (Å²) in [7, 11) is 2.03. The average Bonchev–Trinajstić information content (AvgIpc) is 2.83. The molecule has 108 valence electrons. The highest BCUT2D eigenvalue weighted by Crippen LogP contribution is 2.20. The van der Waals surface area contributed by atoms with Crippen LogP contribution in [-0.4, -0.2) is 26.3 Å². The number of hydrogen-bond acceptors (Lipinski definition) is 4. The van der Waals surface area contributed by atoms with Gasteiger partial charge in [0.2, 0.25) is 0 Å². The Balaban J connectivity index is 2.27. The lowest BCUT2D eigenvalue weighted by Gasteiger charge is -2.20. The van der Waals surface area contributed by atoms with Crippen molar-refractivity contribution in [2.75, 3.05) is 6.54 Å². The highest BCUT2D eigenvalue weighted by Gasteiger charge is 2.17. The van der Waals surface area contributed by atoms with Gasteiger partial charge in [0.25, 0.3) is 0 Å². The van der Waals surface area contributed by atoms with E-state index in [1.165, 1.54) is 5.56 Å². The van der Waals surface area contributed by atoms with E-state index in [0.29, 0.717) is 0 Å². The van der Waals surface area contributed by atoms with E-state index >= 15 is 0 Å². The molecule has 2 rings (SSSR count). The van der Waals surface area contributed by atoms with Crippen LogP contribution in [0.15, 0.2) is 18.5 Å². The summed E-state index contributed by atoms with van der Waals surface area (Å²) >= 11 is 0. The molecule has 0 bridgehead atoms. The maximum absolute atomic E-state index is 4.43. The van der Waals surface area contributed by atoms with Gasteiger partial charge in [0.05, 0.1) is 11.4 Å². The van der Waals surface area contributed by atoms with Gasteiger partial charge in [-0.15, -0.1) is 0 Å². The molecule has 0 aliphatic carbocycles. The van der Waals surface area contributed by atoms with Crippen LogP contribution in [0.3, 0.4) is 0 Å². The van der Waals surface area contributed by atoms with E-state index in [4.69, 9.17) is 0 Å². The molecule has 0 spiro atoms. The van der Waals surface area contributed by atoms with Crippen molar-refractivity contribution in [3.63, 3.8) is 0 Å². The lowest BCUT2D eigenvalue weighted by molar-refractivity contribution is 0.506. The molecule has 0 amide bonds.